The van der Waals surface area contributed by atoms with Crippen LogP contribution in [0.2, 0.25) is 0 Å². The van der Waals surface area contributed by atoms with Crippen LogP contribution in [0.3, 0.4) is 0 Å². The second-order valence-electron chi connectivity index (χ2n) is 3.96. The Morgan fingerprint density at radius 1 is 1.29 bits per heavy atom. The second-order valence-corrected chi connectivity index (χ2v) is 3.96. The molecule has 0 radical (unpaired) electrons. The van der Waals surface area contributed by atoms with Gasteiger partial charge in [-0.2, -0.15) is 0 Å². The molecule has 0 saturated carbocycles. The minimum Gasteiger partial charge on any atom is -0.382 e. The van der Waals surface area contributed by atoms with Crippen LogP contribution in [0.4, 0.5) is 5.69 Å². The third-order valence-electron chi connectivity index (χ3n) is 2.82. The molecule has 0 atom stereocenters. The van der Waals surface area contributed by atoms with Crippen LogP contribution in [-0.2, 0) is 0 Å². The van der Waals surface area contributed by atoms with Crippen molar-refractivity contribution >= 4 is 5.69 Å². The maximum absolute atomic E-state index is 3.87. The van der Waals surface area contributed by atoms with Gasteiger partial charge in [-0.3, -0.25) is 0 Å². The molecule has 1 aromatic carbocycles. The van der Waals surface area contributed by atoms with Crippen LogP contribution in [0.25, 0.3) is 5.69 Å². The first-order chi connectivity index (χ1) is 8.33. The zero-order chi connectivity index (χ0) is 12.1. The lowest BCUT2D eigenvalue weighted by atomic mass is 10.1. The quantitative estimate of drug-likeness (QED) is 0.857. The highest BCUT2D eigenvalue weighted by molar-refractivity contribution is 5.51. The zero-order valence-corrected chi connectivity index (χ0v) is 10.2. The van der Waals surface area contributed by atoms with E-state index in [9.17, 15) is 0 Å². The van der Waals surface area contributed by atoms with E-state index in [1.807, 2.05) is 12.1 Å². The number of hydrogen-bond acceptors (Lipinski definition) is 4. The molecular weight excluding hydrogens is 214 g/mol. The minimum absolute atomic E-state index is 0.513. The van der Waals surface area contributed by atoms with Gasteiger partial charge in [0.1, 0.15) is 6.33 Å². The Labute approximate surface area is 101 Å². The Morgan fingerprint density at radius 2 is 2.12 bits per heavy atom. The highest BCUT2D eigenvalue weighted by atomic mass is 15.5. The molecule has 5 nitrogen and oxygen atoms in total. The van der Waals surface area contributed by atoms with E-state index in [1.54, 1.807) is 11.0 Å². The van der Waals surface area contributed by atoms with Crippen molar-refractivity contribution in [3.8, 4) is 5.69 Å². The number of rotatable bonds is 5. The number of nitrogens with one attached hydrogen (secondary N) is 1. The highest BCUT2D eigenvalue weighted by Gasteiger charge is 2.04. The number of nitrogens with zero attached hydrogens (tertiary/aromatic N) is 4. The van der Waals surface area contributed by atoms with E-state index >= 15 is 0 Å². The van der Waals surface area contributed by atoms with Gasteiger partial charge >= 0.3 is 0 Å². The van der Waals surface area contributed by atoms with Gasteiger partial charge in [-0.25, -0.2) is 4.68 Å². The number of hydrogen-bond donors (Lipinski definition) is 1. The van der Waals surface area contributed by atoms with E-state index in [0.29, 0.717) is 6.04 Å². The van der Waals surface area contributed by atoms with Crippen LogP contribution in [0.1, 0.15) is 26.7 Å². The molecule has 0 saturated heterocycles. The summed E-state index contributed by atoms with van der Waals surface area (Å²) in [6.45, 7) is 4.37. The average molecular weight is 231 g/mol. The van der Waals surface area contributed by atoms with Crippen molar-refractivity contribution < 1.29 is 0 Å². The summed E-state index contributed by atoms with van der Waals surface area (Å²) in [5, 5.41) is 14.6. The third-order valence-corrected chi connectivity index (χ3v) is 2.82. The van der Waals surface area contributed by atoms with Gasteiger partial charge in [0.05, 0.1) is 5.69 Å². The van der Waals surface area contributed by atoms with Crippen molar-refractivity contribution in [2.24, 2.45) is 0 Å². The van der Waals surface area contributed by atoms with Gasteiger partial charge in [-0.05, 0) is 41.5 Å². The minimum atomic E-state index is 0.513. The number of benzene rings is 1. The standard InChI is InChI=1S/C12H17N5/c1-3-10(4-2)14-11-6-5-7-12(8-11)17-9-13-15-16-17/h5-10,14H,3-4H2,1-2H3. The van der Waals surface area contributed by atoms with Gasteiger partial charge in [0.2, 0.25) is 0 Å². The van der Waals surface area contributed by atoms with Crippen molar-refractivity contribution in [1.82, 2.24) is 20.2 Å². The number of anilines is 1. The lowest BCUT2D eigenvalue weighted by Crippen LogP contribution is -2.16. The van der Waals surface area contributed by atoms with Crippen LogP contribution in [0.5, 0.6) is 0 Å². The van der Waals surface area contributed by atoms with Gasteiger partial charge < -0.3 is 5.32 Å². The molecule has 0 unspecified atom stereocenters. The molecule has 0 aliphatic carbocycles. The van der Waals surface area contributed by atoms with Gasteiger partial charge in [0, 0.05) is 11.7 Å². The summed E-state index contributed by atoms with van der Waals surface area (Å²) in [6.07, 6.45) is 3.83. The molecule has 1 heterocycles. The summed E-state index contributed by atoms with van der Waals surface area (Å²) >= 11 is 0. The smallest absolute Gasteiger partial charge is 0.143 e. The molecule has 0 aliphatic heterocycles. The van der Waals surface area contributed by atoms with Crippen molar-refractivity contribution in [2.75, 3.05) is 5.32 Å². The van der Waals surface area contributed by atoms with Crippen molar-refractivity contribution in [1.29, 1.82) is 0 Å². The van der Waals surface area contributed by atoms with Crippen LogP contribution < -0.4 is 5.32 Å². The molecule has 0 fully saturated rings. The predicted octanol–water partition coefficient (Wildman–Crippen LogP) is 2.26. The van der Waals surface area contributed by atoms with E-state index in [2.05, 4.69) is 46.8 Å². The summed E-state index contributed by atoms with van der Waals surface area (Å²) in [5.74, 6) is 0. The zero-order valence-electron chi connectivity index (χ0n) is 10.2. The van der Waals surface area contributed by atoms with E-state index in [4.69, 9.17) is 0 Å². The Kier molecular flexibility index (Phi) is 3.69. The Morgan fingerprint density at radius 3 is 2.76 bits per heavy atom. The van der Waals surface area contributed by atoms with Crippen molar-refractivity contribution in [2.45, 2.75) is 32.7 Å². The third kappa shape index (κ3) is 2.81. The predicted molar refractivity (Wildman–Crippen MR) is 67.1 cm³/mol. The fourth-order valence-corrected chi connectivity index (χ4v) is 1.75. The molecular formula is C12H17N5. The van der Waals surface area contributed by atoms with Gasteiger partial charge in [-0.1, -0.05) is 19.9 Å². The van der Waals surface area contributed by atoms with E-state index in [0.717, 1.165) is 24.2 Å². The number of aromatic nitrogens is 4. The summed E-state index contributed by atoms with van der Waals surface area (Å²) in [5.41, 5.74) is 2.07. The first-order valence-corrected chi connectivity index (χ1v) is 5.93. The number of tetrazole rings is 1. The van der Waals surface area contributed by atoms with E-state index in [-0.39, 0.29) is 0 Å². The lowest BCUT2D eigenvalue weighted by molar-refractivity contribution is 0.671. The maximum atomic E-state index is 3.87. The van der Waals surface area contributed by atoms with E-state index in [1.165, 1.54) is 0 Å². The SMILES string of the molecule is CCC(CC)Nc1cccc(-n2cnnn2)c1. The molecule has 2 aromatic rings. The Balaban J connectivity index is 2.17. The molecule has 0 spiro atoms. The molecule has 17 heavy (non-hydrogen) atoms. The molecule has 0 amide bonds. The largest absolute Gasteiger partial charge is 0.382 e. The fraction of sp³-hybridized carbons (Fsp3) is 0.417. The highest BCUT2D eigenvalue weighted by Crippen LogP contribution is 2.15. The Hall–Kier alpha value is -1.91. The fourth-order valence-electron chi connectivity index (χ4n) is 1.75. The van der Waals surface area contributed by atoms with Crippen molar-refractivity contribution in [3.63, 3.8) is 0 Å². The van der Waals surface area contributed by atoms with Gasteiger partial charge in [-0.15, -0.1) is 5.10 Å². The van der Waals surface area contributed by atoms with Crippen LogP contribution in [0.15, 0.2) is 30.6 Å². The molecule has 90 valence electrons. The van der Waals surface area contributed by atoms with Crippen LogP contribution in [-0.4, -0.2) is 26.2 Å². The summed E-state index contributed by atoms with van der Waals surface area (Å²) in [6, 6.07) is 8.61. The maximum Gasteiger partial charge on any atom is 0.143 e. The summed E-state index contributed by atoms with van der Waals surface area (Å²) in [4.78, 5) is 0. The Bertz CT molecular complexity index is 448. The average Bonchev–Trinajstić information content (AvgIpc) is 2.90. The topological polar surface area (TPSA) is 55.6 Å². The van der Waals surface area contributed by atoms with Crippen molar-refractivity contribution in [3.05, 3.63) is 30.6 Å². The lowest BCUT2D eigenvalue weighted by Gasteiger charge is -2.16. The first-order valence-electron chi connectivity index (χ1n) is 5.93. The molecule has 2 rings (SSSR count). The van der Waals surface area contributed by atoms with Crippen LogP contribution in [0, 0.1) is 0 Å². The summed E-state index contributed by atoms with van der Waals surface area (Å²) in [7, 11) is 0. The molecule has 1 N–H and O–H groups in total. The molecule has 5 heteroatoms. The van der Waals surface area contributed by atoms with Gasteiger partial charge in [0.15, 0.2) is 0 Å². The molecule has 0 bridgehead atoms. The molecule has 0 aliphatic rings. The summed E-state index contributed by atoms with van der Waals surface area (Å²) < 4.78 is 1.65. The van der Waals surface area contributed by atoms with E-state index < -0.39 is 0 Å². The van der Waals surface area contributed by atoms with Crippen LogP contribution >= 0.6 is 0 Å². The monoisotopic (exact) mass is 231 g/mol. The normalized spacial score (nSPS) is 10.8. The first kappa shape index (κ1) is 11.6. The van der Waals surface area contributed by atoms with Gasteiger partial charge in [0.25, 0.3) is 0 Å². The molecule has 1 aromatic heterocycles. The second kappa shape index (κ2) is 5.43.